The van der Waals surface area contributed by atoms with Gasteiger partial charge in [0.1, 0.15) is 13.2 Å². The van der Waals surface area contributed by atoms with Crippen molar-refractivity contribution in [2.75, 3.05) is 19.8 Å². The summed E-state index contributed by atoms with van der Waals surface area (Å²) in [4.78, 5) is 23.4. The molecule has 0 radical (unpaired) electrons. The second-order valence-electron chi connectivity index (χ2n) is 11.3. The number of amides is 1. The molecule has 3 N–H and O–H groups in total. The molecule has 1 amide bonds. The number of hydrogen-bond donors (Lipinski definition) is 2. The van der Waals surface area contributed by atoms with E-state index in [1.54, 1.807) is 13.8 Å². The Morgan fingerprint density at radius 1 is 0.775 bits per heavy atom. The molecule has 2 unspecified atom stereocenters. The molecule has 1 aromatic rings. The Morgan fingerprint density at radius 3 is 1.85 bits per heavy atom. The van der Waals surface area contributed by atoms with Crippen molar-refractivity contribution < 1.29 is 19.1 Å². The second-order valence-corrected chi connectivity index (χ2v) is 11.3. The standard InChI is InChI=1S/C33H58N2O4.HI/c1-4-5-6-7-8-9-10-11-12-13-14-15-19-22-30(27-29-20-17-16-18-21-29)31(34)23-24-35-33(37)39-26-25-38-32(36)28(2)3;/h16-18,20-21,28,30-31H,4-15,19,22-27,34H2,1-3H3,(H,35,37);1H. The maximum Gasteiger partial charge on any atom is 0.407 e. The maximum absolute atomic E-state index is 12.0. The summed E-state index contributed by atoms with van der Waals surface area (Å²) in [6, 6.07) is 10.6. The molecular weight excluding hydrogens is 615 g/mol. The van der Waals surface area contributed by atoms with Gasteiger partial charge in [-0.15, -0.1) is 24.0 Å². The van der Waals surface area contributed by atoms with Crippen molar-refractivity contribution in [3.8, 4) is 0 Å². The van der Waals surface area contributed by atoms with Gasteiger partial charge in [0.05, 0.1) is 5.92 Å². The van der Waals surface area contributed by atoms with Crippen LogP contribution in [0.3, 0.4) is 0 Å². The third-order valence-corrected chi connectivity index (χ3v) is 7.40. The number of ether oxygens (including phenoxy) is 2. The van der Waals surface area contributed by atoms with Gasteiger partial charge >= 0.3 is 12.1 Å². The van der Waals surface area contributed by atoms with E-state index >= 15 is 0 Å². The zero-order valence-electron chi connectivity index (χ0n) is 25.7. The normalized spacial score (nSPS) is 12.4. The Balaban J connectivity index is 0.0000152. The number of nitrogens with one attached hydrogen (secondary N) is 1. The van der Waals surface area contributed by atoms with Crippen molar-refractivity contribution in [3.63, 3.8) is 0 Å². The van der Waals surface area contributed by atoms with Crippen molar-refractivity contribution in [2.45, 2.75) is 130 Å². The number of esters is 1. The van der Waals surface area contributed by atoms with E-state index in [1.165, 1.54) is 89.0 Å². The van der Waals surface area contributed by atoms with Crippen LogP contribution in [0.1, 0.15) is 123 Å². The van der Waals surface area contributed by atoms with Crippen LogP contribution < -0.4 is 11.1 Å². The SMILES string of the molecule is CCCCCCCCCCCCCCCC(Cc1ccccc1)C(N)CCNC(=O)OCCOC(=O)C(C)C.I. The van der Waals surface area contributed by atoms with Gasteiger partial charge in [-0.1, -0.05) is 135 Å². The van der Waals surface area contributed by atoms with Gasteiger partial charge in [0, 0.05) is 12.6 Å². The first-order valence-electron chi connectivity index (χ1n) is 15.8. The first kappa shape index (κ1) is 38.6. The van der Waals surface area contributed by atoms with Crippen molar-refractivity contribution in [2.24, 2.45) is 17.6 Å². The van der Waals surface area contributed by atoms with Crippen LogP contribution in [0.25, 0.3) is 0 Å². The van der Waals surface area contributed by atoms with Gasteiger partial charge in [0.15, 0.2) is 0 Å². The number of benzene rings is 1. The monoisotopic (exact) mass is 674 g/mol. The van der Waals surface area contributed by atoms with E-state index in [-0.39, 0.29) is 55.1 Å². The lowest BCUT2D eigenvalue weighted by Gasteiger charge is -2.24. The summed E-state index contributed by atoms with van der Waals surface area (Å²) in [7, 11) is 0. The Bertz CT molecular complexity index is 732. The zero-order chi connectivity index (χ0) is 28.6. The highest BCUT2D eigenvalue weighted by Crippen LogP contribution is 2.21. The fourth-order valence-corrected chi connectivity index (χ4v) is 4.88. The summed E-state index contributed by atoms with van der Waals surface area (Å²) in [5, 5.41) is 2.78. The molecule has 6 nitrogen and oxygen atoms in total. The van der Waals surface area contributed by atoms with Gasteiger partial charge in [-0.25, -0.2) is 4.79 Å². The highest BCUT2D eigenvalue weighted by atomic mass is 127. The lowest BCUT2D eigenvalue weighted by atomic mass is 9.86. The van der Waals surface area contributed by atoms with E-state index in [4.69, 9.17) is 15.2 Å². The van der Waals surface area contributed by atoms with Crippen molar-refractivity contribution in [1.29, 1.82) is 0 Å². The third kappa shape index (κ3) is 21.4. The molecule has 1 aromatic carbocycles. The van der Waals surface area contributed by atoms with Crippen molar-refractivity contribution >= 4 is 36.0 Å². The van der Waals surface area contributed by atoms with E-state index in [0.29, 0.717) is 18.9 Å². The molecule has 0 aromatic heterocycles. The molecular formula is C33H59IN2O4. The van der Waals surface area contributed by atoms with Crippen LogP contribution in [0.4, 0.5) is 4.79 Å². The quantitative estimate of drug-likeness (QED) is 0.0652. The third-order valence-electron chi connectivity index (χ3n) is 7.40. The predicted octanol–water partition coefficient (Wildman–Crippen LogP) is 8.59. The van der Waals surface area contributed by atoms with Crippen molar-refractivity contribution in [1.82, 2.24) is 5.32 Å². The van der Waals surface area contributed by atoms with Crippen LogP contribution >= 0.6 is 24.0 Å². The Morgan fingerprint density at radius 2 is 1.30 bits per heavy atom. The molecule has 0 saturated carbocycles. The minimum atomic E-state index is -0.501. The predicted molar refractivity (Wildman–Crippen MR) is 177 cm³/mol. The summed E-state index contributed by atoms with van der Waals surface area (Å²) < 4.78 is 10.1. The Hall–Kier alpha value is -1.35. The number of halogens is 1. The largest absolute Gasteiger partial charge is 0.462 e. The molecule has 0 bridgehead atoms. The molecule has 0 heterocycles. The molecule has 0 saturated heterocycles. The van der Waals surface area contributed by atoms with E-state index < -0.39 is 6.09 Å². The lowest BCUT2D eigenvalue weighted by Crippen LogP contribution is -2.36. The van der Waals surface area contributed by atoms with Crippen molar-refractivity contribution in [3.05, 3.63) is 35.9 Å². The minimum absolute atomic E-state index is 0. The van der Waals surface area contributed by atoms with Gasteiger partial charge in [-0.2, -0.15) is 0 Å². The molecule has 0 fully saturated rings. The van der Waals surface area contributed by atoms with Gasteiger partial charge < -0.3 is 20.5 Å². The molecule has 232 valence electrons. The van der Waals surface area contributed by atoms with Crippen LogP contribution in [-0.2, 0) is 20.7 Å². The van der Waals surface area contributed by atoms with Crippen LogP contribution in [0.5, 0.6) is 0 Å². The van der Waals surface area contributed by atoms with Gasteiger partial charge in [-0.05, 0) is 30.7 Å². The number of unbranched alkanes of at least 4 members (excludes halogenated alkanes) is 12. The molecule has 0 aliphatic heterocycles. The number of carbonyl (C=O) groups excluding carboxylic acids is 2. The fraction of sp³-hybridized carbons (Fsp3) is 0.758. The molecule has 1 rings (SSSR count). The number of rotatable bonds is 24. The van der Waals surface area contributed by atoms with Crippen LogP contribution in [0.15, 0.2) is 30.3 Å². The number of alkyl carbamates (subject to hydrolysis) is 1. The van der Waals surface area contributed by atoms with Crippen LogP contribution in [0, 0.1) is 11.8 Å². The Labute approximate surface area is 262 Å². The summed E-state index contributed by atoms with van der Waals surface area (Å²) >= 11 is 0. The topological polar surface area (TPSA) is 90.7 Å². The van der Waals surface area contributed by atoms with E-state index in [0.717, 1.165) is 12.8 Å². The van der Waals surface area contributed by atoms with Crippen LogP contribution in [0.2, 0.25) is 0 Å². The summed E-state index contributed by atoms with van der Waals surface area (Å²) in [5.74, 6) is -0.102. The summed E-state index contributed by atoms with van der Waals surface area (Å²) in [5.41, 5.74) is 7.95. The minimum Gasteiger partial charge on any atom is -0.462 e. The van der Waals surface area contributed by atoms with Gasteiger partial charge in [0.25, 0.3) is 0 Å². The highest BCUT2D eigenvalue weighted by molar-refractivity contribution is 14.0. The molecule has 0 aliphatic carbocycles. The summed E-state index contributed by atoms with van der Waals surface area (Å²) in [6.07, 6.45) is 19.9. The zero-order valence-corrected chi connectivity index (χ0v) is 28.0. The summed E-state index contributed by atoms with van der Waals surface area (Å²) in [6.45, 7) is 6.40. The van der Waals surface area contributed by atoms with Crippen LogP contribution in [-0.4, -0.2) is 37.9 Å². The van der Waals surface area contributed by atoms with E-state index in [9.17, 15) is 9.59 Å². The Kier molecular flexibility index (Phi) is 25.6. The van der Waals surface area contributed by atoms with Gasteiger partial charge in [0.2, 0.25) is 0 Å². The first-order valence-corrected chi connectivity index (χ1v) is 15.8. The first-order chi connectivity index (χ1) is 18.9. The second kappa shape index (κ2) is 26.5. The molecule has 7 heteroatoms. The number of carbonyl (C=O) groups is 2. The van der Waals surface area contributed by atoms with Gasteiger partial charge in [-0.3, -0.25) is 4.79 Å². The average Bonchev–Trinajstić information content (AvgIpc) is 2.93. The van der Waals surface area contributed by atoms with E-state index in [1.807, 2.05) is 6.07 Å². The fourth-order valence-electron chi connectivity index (χ4n) is 4.88. The maximum atomic E-state index is 12.0. The lowest BCUT2D eigenvalue weighted by molar-refractivity contribution is -0.148. The average molecular weight is 675 g/mol. The molecule has 0 spiro atoms. The number of nitrogens with two attached hydrogens (primary N) is 1. The molecule has 40 heavy (non-hydrogen) atoms. The molecule has 2 atom stereocenters. The highest BCUT2D eigenvalue weighted by Gasteiger charge is 2.18. The smallest absolute Gasteiger partial charge is 0.407 e. The van der Waals surface area contributed by atoms with E-state index in [2.05, 4.69) is 36.5 Å². The molecule has 0 aliphatic rings. The number of hydrogen-bond acceptors (Lipinski definition) is 5.